The van der Waals surface area contributed by atoms with Gasteiger partial charge in [-0.15, -0.1) is 0 Å². The maximum atomic E-state index is 11.4. The lowest BCUT2D eigenvalue weighted by Crippen LogP contribution is -2.27. The molecule has 0 atom stereocenters. The molecule has 17 heavy (non-hydrogen) atoms. The first-order valence-corrected chi connectivity index (χ1v) is 6.38. The van der Waals surface area contributed by atoms with Crippen molar-refractivity contribution >= 4 is 21.7 Å². The van der Waals surface area contributed by atoms with E-state index in [4.69, 9.17) is 5.14 Å². The third kappa shape index (κ3) is 3.43. The van der Waals surface area contributed by atoms with Gasteiger partial charge in [0.15, 0.2) is 0 Å². The van der Waals surface area contributed by atoms with Gasteiger partial charge in [0.05, 0.1) is 4.90 Å². The van der Waals surface area contributed by atoms with E-state index in [1.807, 2.05) is 0 Å². The molecule has 0 saturated carbocycles. The number of hydrogen-bond donors (Lipinski definition) is 2. The summed E-state index contributed by atoms with van der Waals surface area (Å²) in [5.74, 6) is 0. The second kappa shape index (κ2) is 4.72. The number of nitrogens with two attached hydrogens (primary N) is 1. The SMILES string of the molecule is Cc1ccc(NC(=O)N(C)C)cc1S(N)(=O)=O. The van der Waals surface area contributed by atoms with Crippen molar-refractivity contribution in [2.75, 3.05) is 19.4 Å². The molecule has 0 heterocycles. The minimum Gasteiger partial charge on any atom is -0.331 e. The van der Waals surface area contributed by atoms with Crippen LogP contribution in [-0.2, 0) is 10.0 Å². The smallest absolute Gasteiger partial charge is 0.321 e. The van der Waals surface area contributed by atoms with Crippen molar-refractivity contribution in [3.63, 3.8) is 0 Å². The van der Waals surface area contributed by atoms with Crippen molar-refractivity contribution in [2.45, 2.75) is 11.8 Å². The van der Waals surface area contributed by atoms with Crippen LogP contribution in [0.5, 0.6) is 0 Å². The molecular weight excluding hydrogens is 242 g/mol. The number of amides is 2. The maximum Gasteiger partial charge on any atom is 0.321 e. The summed E-state index contributed by atoms with van der Waals surface area (Å²) in [5, 5.41) is 7.61. The third-order valence-electron chi connectivity index (χ3n) is 2.15. The minimum atomic E-state index is -3.78. The molecule has 0 radical (unpaired) electrons. The lowest BCUT2D eigenvalue weighted by Gasteiger charge is -2.13. The average Bonchev–Trinajstić information content (AvgIpc) is 2.19. The normalized spacial score (nSPS) is 11.1. The highest BCUT2D eigenvalue weighted by molar-refractivity contribution is 7.89. The van der Waals surface area contributed by atoms with Gasteiger partial charge in [-0.05, 0) is 24.6 Å². The fourth-order valence-electron chi connectivity index (χ4n) is 1.22. The van der Waals surface area contributed by atoms with E-state index in [0.717, 1.165) is 0 Å². The number of sulfonamides is 1. The highest BCUT2D eigenvalue weighted by atomic mass is 32.2. The Balaban J connectivity index is 3.10. The zero-order valence-electron chi connectivity index (χ0n) is 9.89. The molecule has 0 aliphatic rings. The summed E-state index contributed by atoms with van der Waals surface area (Å²) in [6, 6.07) is 4.21. The van der Waals surface area contributed by atoms with Gasteiger partial charge in [-0.25, -0.2) is 18.4 Å². The summed E-state index contributed by atoms with van der Waals surface area (Å²) in [6.07, 6.45) is 0. The zero-order chi connectivity index (χ0) is 13.2. The number of carbonyl (C=O) groups is 1. The van der Waals surface area contributed by atoms with Gasteiger partial charge in [0.1, 0.15) is 0 Å². The van der Waals surface area contributed by atoms with Crippen molar-refractivity contribution in [2.24, 2.45) is 5.14 Å². The number of urea groups is 1. The first-order valence-electron chi connectivity index (χ1n) is 4.83. The zero-order valence-corrected chi connectivity index (χ0v) is 10.7. The van der Waals surface area contributed by atoms with Gasteiger partial charge in [-0.2, -0.15) is 0 Å². The molecule has 1 aromatic carbocycles. The number of hydrogen-bond acceptors (Lipinski definition) is 3. The van der Waals surface area contributed by atoms with E-state index < -0.39 is 10.0 Å². The number of carbonyl (C=O) groups excluding carboxylic acids is 1. The number of rotatable bonds is 2. The van der Waals surface area contributed by atoms with Crippen molar-refractivity contribution in [1.82, 2.24) is 4.90 Å². The molecule has 0 aliphatic heterocycles. The second-order valence-electron chi connectivity index (χ2n) is 3.85. The van der Waals surface area contributed by atoms with Crippen LogP contribution in [0, 0.1) is 6.92 Å². The fraction of sp³-hybridized carbons (Fsp3) is 0.300. The largest absolute Gasteiger partial charge is 0.331 e. The molecule has 6 nitrogen and oxygen atoms in total. The molecule has 0 aliphatic carbocycles. The highest BCUT2D eigenvalue weighted by Gasteiger charge is 2.13. The molecule has 1 rings (SSSR count). The van der Waals surface area contributed by atoms with Gasteiger partial charge in [0.25, 0.3) is 0 Å². The van der Waals surface area contributed by atoms with Crippen molar-refractivity contribution in [3.8, 4) is 0 Å². The fourth-order valence-corrected chi connectivity index (χ4v) is 2.03. The Morgan fingerprint density at radius 2 is 1.94 bits per heavy atom. The topological polar surface area (TPSA) is 92.5 Å². The number of anilines is 1. The van der Waals surface area contributed by atoms with Crippen LogP contribution >= 0.6 is 0 Å². The average molecular weight is 257 g/mol. The Morgan fingerprint density at radius 1 is 1.35 bits per heavy atom. The van der Waals surface area contributed by atoms with Gasteiger partial charge in [0.2, 0.25) is 10.0 Å². The van der Waals surface area contributed by atoms with E-state index in [1.165, 1.54) is 11.0 Å². The number of nitrogens with zero attached hydrogens (tertiary/aromatic N) is 1. The van der Waals surface area contributed by atoms with Gasteiger partial charge in [-0.3, -0.25) is 0 Å². The predicted molar refractivity (Wildman–Crippen MR) is 65.3 cm³/mol. The van der Waals surface area contributed by atoms with Crippen molar-refractivity contribution in [3.05, 3.63) is 23.8 Å². The van der Waals surface area contributed by atoms with Crippen LogP contribution in [0.15, 0.2) is 23.1 Å². The summed E-state index contributed by atoms with van der Waals surface area (Å²) in [6.45, 7) is 1.64. The van der Waals surface area contributed by atoms with E-state index in [-0.39, 0.29) is 10.9 Å². The molecule has 1 aromatic rings. The van der Waals surface area contributed by atoms with E-state index in [2.05, 4.69) is 5.32 Å². The lowest BCUT2D eigenvalue weighted by molar-refractivity contribution is 0.230. The molecule has 0 unspecified atom stereocenters. The molecule has 0 fully saturated rings. The van der Waals surface area contributed by atoms with E-state index in [0.29, 0.717) is 11.3 Å². The van der Waals surface area contributed by atoms with Crippen LogP contribution in [0.1, 0.15) is 5.56 Å². The summed E-state index contributed by atoms with van der Waals surface area (Å²) in [5.41, 5.74) is 0.925. The molecule has 3 N–H and O–H groups in total. The van der Waals surface area contributed by atoms with Gasteiger partial charge in [-0.1, -0.05) is 6.07 Å². The molecule has 94 valence electrons. The molecule has 2 amide bonds. The molecule has 0 spiro atoms. The first-order chi connectivity index (χ1) is 7.71. The van der Waals surface area contributed by atoms with Gasteiger partial charge in [0, 0.05) is 19.8 Å². The molecular formula is C10H15N3O3S. The highest BCUT2D eigenvalue weighted by Crippen LogP contribution is 2.19. The summed E-state index contributed by atoms with van der Waals surface area (Å²) < 4.78 is 22.6. The molecule has 0 saturated heterocycles. The van der Waals surface area contributed by atoms with Crippen LogP contribution in [0.25, 0.3) is 0 Å². The standard InChI is InChI=1S/C10H15N3O3S/c1-7-4-5-8(12-10(14)13(2)3)6-9(7)17(11,15)16/h4-6H,1-3H3,(H,12,14)(H2,11,15,16). The monoisotopic (exact) mass is 257 g/mol. The quantitative estimate of drug-likeness (QED) is 0.818. The van der Waals surface area contributed by atoms with Crippen LogP contribution in [0.2, 0.25) is 0 Å². The van der Waals surface area contributed by atoms with Crippen LogP contribution in [-0.4, -0.2) is 33.4 Å². The minimum absolute atomic E-state index is 0.00839. The Labute approximate surface area is 100 Å². The Morgan fingerprint density at radius 3 is 2.41 bits per heavy atom. The number of primary sulfonamides is 1. The maximum absolute atomic E-state index is 11.4. The Bertz CT molecular complexity index is 538. The number of aryl methyl sites for hydroxylation is 1. The van der Waals surface area contributed by atoms with Crippen LogP contribution < -0.4 is 10.5 Å². The van der Waals surface area contributed by atoms with Crippen molar-refractivity contribution in [1.29, 1.82) is 0 Å². The second-order valence-corrected chi connectivity index (χ2v) is 5.38. The lowest BCUT2D eigenvalue weighted by atomic mass is 10.2. The Kier molecular flexibility index (Phi) is 3.74. The number of benzene rings is 1. The summed E-state index contributed by atoms with van der Waals surface area (Å²) in [4.78, 5) is 12.7. The molecule has 7 heteroatoms. The molecule has 0 aromatic heterocycles. The third-order valence-corrected chi connectivity index (χ3v) is 3.21. The molecule has 0 bridgehead atoms. The van der Waals surface area contributed by atoms with E-state index in [1.54, 1.807) is 33.2 Å². The van der Waals surface area contributed by atoms with Gasteiger partial charge < -0.3 is 10.2 Å². The van der Waals surface area contributed by atoms with Crippen molar-refractivity contribution < 1.29 is 13.2 Å². The van der Waals surface area contributed by atoms with Gasteiger partial charge >= 0.3 is 6.03 Å². The van der Waals surface area contributed by atoms with Crippen LogP contribution in [0.3, 0.4) is 0 Å². The van der Waals surface area contributed by atoms with E-state index >= 15 is 0 Å². The Hall–Kier alpha value is -1.60. The first kappa shape index (κ1) is 13.5. The number of nitrogens with one attached hydrogen (secondary N) is 1. The van der Waals surface area contributed by atoms with E-state index in [9.17, 15) is 13.2 Å². The summed E-state index contributed by atoms with van der Waals surface area (Å²) in [7, 11) is -0.602. The van der Waals surface area contributed by atoms with Crippen LogP contribution in [0.4, 0.5) is 10.5 Å². The summed E-state index contributed by atoms with van der Waals surface area (Å²) >= 11 is 0. The predicted octanol–water partition coefficient (Wildman–Crippen LogP) is 0.736.